The Labute approximate surface area is 109 Å². The van der Waals surface area contributed by atoms with E-state index in [0.717, 1.165) is 17.2 Å². The number of nitrogens with one attached hydrogen (secondary N) is 1. The number of aromatic nitrogens is 4. The number of nitrogens with zero attached hydrogens (tertiary/aromatic N) is 4. The molecule has 7 heteroatoms. The van der Waals surface area contributed by atoms with E-state index in [1.54, 1.807) is 10.9 Å². The molecule has 0 spiro atoms. The highest BCUT2D eigenvalue weighted by Crippen LogP contribution is 2.11. The Morgan fingerprint density at radius 3 is 3.11 bits per heavy atom. The van der Waals surface area contributed by atoms with Gasteiger partial charge in [-0.2, -0.15) is 5.10 Å². The maximum absolute atomic E-state index is 12.0. The van der Waals surface area contributed by atoms with Crippen molar-refractivity contribution in [3.8, 4) is 0 Å². The van der Waals surface area contributed by atoms with E-state index in [2.05, 4.69) is 20.0 Å². The first kappa shape index (κ1) is 12.7. The third-order valence-electron chi connectivity index (χ3n) is 2.49. The molecule has 18 heavy (non-hydrogen) atoms. The first-order valence-electron chi connectivity index (χ1n) is 5.80. The van der Waals surface area contributed by atoms with Crippen LogP contribution in [0.15, 0.2) is 18.5 Å². The predicted molar refractivity (Wildman–Crippen MR) is 68.4 cm³/mol. The van der Waals surface area contributed by atoms with Gasteiger partial charge in [-0.15, -0.1) is 5.10 Å². The smallest absolute Gasteiger partial charge is 0.265 e. The van der Waals surface area contributed by atoms with Crippen molar-refractivity contribution < 1.29 is 4.79 Å². The van der Waals surface area contributed by atoms with Crippen LogP contribution in [0.4, 0.5) is 0 Å². The molecule has 96 valence electrons. The molecule has 2 aromatic rings. The van der Waals surface area contributed by atoms with E-state index >= 15 is 0 Å². The fourth-order valence-corrected chi connectivity index (χ4v) is 2.29. The molecule has 2 rings (SSSR count). The molecule has 1 N–H and O–H groups in total. The third-order valence-corrected chi connectivity index (χ3v) is 3.26. The van der Waals surface area contributed by atoms with Crippen molar-refractivity contribution in [1.29, 1.82) is 0 Å². The lowest BCUT2D eigenvalue weighted by Gasteiger charge is -2.13. The van der Waals surface area contributed by atoms with Crippen molar-refractivity contribution in [2.45, 2.75) is 32.9 Å². The van der Waals surface area contributed by atoms with Crippen LogP contribution in [0.5, 0.6) is 0 Å². The number of hydrogen-bond acceptors (Lipinski definition) is 5. The predicted octanol–water partition coefficient (Wildman–Crippen LogP) is 1.12. The van der Waals surface area contributed by atoms with Gasteiger partial charge in [0.2, 0.25) is 0 Å². The summed E-state index contributed by atoms with van der Waals surface area (Å²) in [5.41, 5.74) is 0.754. The summed E-state index contributed by atoms with van der Waals surface area (Å²) in [6.07, 6.45) is 4.30. The van der Waals surface area contributed by atoms with Gasteiger partial charge in [-0.05, 0) is 30.9 Å². The summed E-state index contributed by atoms with van der Waals surface area (Å²) >= 11 is 1.14. The van der Waals surface area contributed by atoms with Crippen molar-refractivity contribution >= 4 is 17.4 Å². The van der Waals surface area contributed by atoms with Gasteiger partial charge in [0, 0.05) is 18.4 Å². The van der Waals surface area contributed by atoms with Gasteiger partial charge in [0.1, 0.15) is 4.88 Å². The molecule has 0 aliphatic rings. The fourth-order valence-electron chi connectivity index (χ4n) is 1.64. The van der Waals surface area contributed by atoms with Crippen LogP contribution in [-0.4, -0.2) is 31.3 Å². The molecule has 0 saturated carbocycles. The van der Waals surface area contributed by atoms with Gasteiger partial charge >= 0.3 is 0 Å². The summed E-state index contributed by atoms with van der Waals surface area (Å²) in [4.78, 5) is 12.6. The Balaban J connectivity index is 1.95. The van der Waals surface area contributed by atoms with Gasteiger partial charge in [0.25, 0.3) is 5.91 Å². The lowest BCUT2D eigenvalue weighted by atomic mass is 10.2. The lowest BCUT2D eigenvalue weighted by molar-refractivity contribution is 0.0939. The summed E-state index contributed by atoms with van der Waals surface area (Å²) in [6.45, 7) is 4.55. The second kappa shape index (κ2) is 5.72. The Bertz CT molecular complexity index is 507. The highest BCUT2D eigenvalue weighted by Gasteiger charge is 2.16. The van der Waals surface area contributed by atoms with E-state index in [1.807, 2.05) is 26.1 Å². The molecule has 1 amide bonds. The van der Waals surface area contributed by atoms with Crippen molar-refractivity contribution in [3.63, 3.8) is 0 Å². The van der Waals surface area contributed by atoms with Crippen LogP contribution in [0.1, 0.15) is 29.2 Å². The van der Waals surface area contributed by atoms with Crippen LogP contribution in [0.3, 0.4) is 0 Å². The SMILES string of the molecule is CCc1nnsc1C(=O)NC(C)Cn1cccn1. The molecule has 2 aromatic heterocycles. The zero-order valence-electron chi connectivity index (χ0n) is 10.3. The van der Waals surface area contributed by atoms with Gasteiger partial charge < -0.3 is 5.32 Å². The Hall–Kier alpha value is -1.76. The van der Waals surface area contributed by atoms with Crippen LogP contribution >= 0.6 is 11.5 Å². The molecular formula is C11H15N5OS. The quantitative estimate of drug-likeness (QED) is 0.879. The fraction of sp³-hybridized carbons (Fsp3) is 0.455. The minimum absolute atomic E-state index is 0.00389. The van der Waals surface area contributed by atoms with Crippen molar-refractivity contribution in [2.75, 3.05) is 0 Å². The second-order valence-corrected chi connectivity index (χ2v) is 4.76. The lowest BCUT2D eigenvalue weighted by Crippen LogP contribution is -2.35. The number of amides is 1. The molecule has 2 heterocycles. The van der Waals surface area contributed by atoms with E-state index in [0.29, 0.717) is 17.8 Å². The summed E-state index contributed by atoms with van der Waals surface area (Å²) in [6, 6.07) is 1.86. The topological polar surface area (TPSA) is 72.7 Å². The molecule has 0 aliphatic heterocycles. The number of carbonyl (C=O) groups excluding carboxylic acids is 1. The van der Waals surface area contributed by atoms with Crippen LogP contribution < -0.4 is 5.32 Å². The average Bonchev–Trinajstić information content (AvgIpc) is 2.97. The van der Waals surface area contributed by atoms with Crippen LogP contribution in [0.2, 0.25) is 0 Å². The highest BCUT2D eigenvalue weighted by molar-refractivity contribution is 7.08. The number of hydrogen-bond donors (Lipinski definition) is 1. The molecule has 0 fully saturated rings. The standard InChI is InChI=1S/C11H15N5OS/c1-3-9-10(18-15-14-9)11(17)13-8(2)7-16-6-4-5-12-16/h4-6,8H,3,7H2,1-2H3,(H,13,17). The van der Waals surface area contributed by atoms with E-state index < -0.39 is 0 Å². The minimum Gasteiger partial charge on any atom is -0.347 e. The number of rotatable bonds is 5. The van der Waals surface area contributed by atoms with Gasteiger partial charge in [0.15, 0.2) is 0 Å². The van der Waals surface area contributed by atoms with Gasteiger partial charge in [-0.1, -0.05) is 11.4 Å². The van der Waals surface area contributed by atoms with Gasteiger partial charge in [-0.25, -0.2) is 0 Å². The summed E-state index contributed by atoms with van der Waals surface area (Å²) in [5, 5.41) is 11.0. The molecule has 0 saturated heterocycles. The first-order valence-corrected chi connectivity index (χ1v) is 6.57. The minimum atomic E-state index is -0.110. The van der Waals surface area contributed by atoms with Crippen LogP contribution in [-0.2, 0) is 13.0 Å². The first-order chi connectivity index (χ1) is 8.70. The van der Waals surface area contributed by atoms with Crippen LogP contribution in [0.25, 0.3) is 0 Å². The van der Waals surface area contributed by atoms with Crippen molar-refractivity contribution in [3.05, 3.63) is 29.0 Å². The molecular weight excluding hydrogens is 250 g/mol. The van der Waals surface area contributed by atoms with Crippen LogP contribution in [0, 0.1) is 0 Å². The van der Waals surface area contributed by atoms with Gasteiger partial charge in [0.05, 0.1) is 12.2 Å². The number of carbonyl (C=O) groups is 1. The van der Waals surface area contributed by atoms with E-state index in [-0.39, 0.29) is 11.9 Å². The molecule has 0 radical (unpaired) electrons. The average molecular weight is 265 g/mol. The zero-order valence-corrected chi connectivity index (χ0v) is 11.1. The molecule has 1 unspecified atom stereocenters. The Kier molecular flexibility index (Phi) is 4.03. The van der Waals surface area contributed by atoms with E-state index in [9.17, 15) is 4.79 Å². The largest absolute Gasteiger partial charge is 0.347 e. The van der Waals surface area contributed by atoms with Crippen molar-refractivity contribution in [2.24, 2.45) is 0 Å². The van der Waals surface area contributed by atoms with Crippen molar-refractivity contribution in [1.82, 2.24) is 24.7 Å². The molecule has 6 nitrogen and oxygen atoms in total. The molecule has 0 aliphatic carbocycles. The van der Waals surface area contributed by atoms with E-state index in [1.165, 1.54) is 0 Å². The maximum Gasteiger partial charge on any atom is 0.265 e. The molecule has 1 atom stereocenters. The maximum atomic E-state index is 12.0. The van der Waals surface area contributed by atoms with Gasteiger partial charge in [-0.3, -0.25) is 9.48 Å². The van der Waals surface area contributed by atoms with E-state index in [4.69, 9.17) is 0 Å². The highest BCUT2D eigenvalue weighted by atomic mass is 32.1. The normalized spacial score (nSPS) is 12.3. The Morgan fingerprint density at radius 1 is 1.61 bits per heavy atom. The second-order valence-electron chi connectivity index (χ2n) is 4.00. The summed E-state index contributed by atoms with van der Waals surface area (Å²) in [5.74, 6) is -0.110. The molecule has 0 bridgehead atoms. The summed E-state index contributed by atoms with van der Waals surface area (Å²) in [7, 11) is 0. The monoisotopic (exact) mass is 265 g/mol. The number of aryl methyl sites for hydroxylation is 1. The molecule has 0 aromatic carbocycles. The third kappa shape index (κ3) is 2.92. The zero-order chi connectivity index (χ0) is 13.0. The summed E-state index contributed by atoms with van der Waals surface area (Å²) < 4.78 is 5.60. The Morgan fingerprint density at radius 2 is 2.44 bits per heavy atom.